The number of nitrogens with one attached hydrogen (secondary N) is 2. The minimum atomic E-state index is -1.07. The third-order valence-corrected chi connectivity index (χ3v) is 4.27. The molecule has 3 N–H and O–H groups in total. The fraction of sp³-hybridized carbons (Fsp3) is 0.471. The largest absolute Gasteiger partial charge is 0.480 e. The Morgan fingerprint density at radius 1 is 1.13 bits per heavy atom. The lowest BCUT2D eigenvalue weighted by molar-refractivity contribution is -0.137. The number of hydrogen-bond donors (Lipinski definition) is 3. The molecule has 0 radical (unpaired) electrons. The van der Waals surface area contributed by atoms with Crippen molar-refractivity contribution in [3.05, 3.63) is 29.8 Å². The predicted octanol–water partition coefficient (Wildman–Crippen LogP) is 1.95. The standard InChI is InChI=1S/C17H22N2O4/c1-17(8-2-3-9-17)16(23)19-13-6-4-12(5-7-13)10-14(20)18-11-15(21)22/h4-7H,2-3,8-11H2,1H3,(H,18,20)(H,19,23)(H,21,22). The Kier molecular flexibility index (Phi) is 5.36. The SMILES string of the molecule is CC1(C(=O)Nc2ccc(CC(=O)NCC(=O)O)cc2)CCCC1. The Morgan fingerprint density at radius 3 is 2.30 bits per heavy atom. The van der Waals surface area contributed by atoms with Gasteiger partial charge in [-0.1, -0.05) is 31.9 Å². The molecule has 2 rings (SSSR count). The molecule has 124 valence electrons. The number of carbonyl (C=O) groups excluding carboxylic acids is 2. The van der Waals surface area contributed by atoms with Crippen LogP contribution in [0.1, 0.15) is 38.2 Å². The van der Waals surface area contributed by atoms with Gasteiger partial charge in [0.05, 0.1) is 6.42 Å². The van der Waals surface area contributed by atoms with Gasteiger partial charge in [-0.3, -0.25) is 14.4 Å². The average Bonchev–Trinajstić information content (AvgIpc) is 2.95. The van der Waals surface area contributed by atoms with Gasteiger partial charge in [-0.05, 0) is 30.5 Å². The molecule has 6 nitrogen and oxygen atoms in total. The van der Waals surface area contributed by atoms with Crippen LogP contribution in [-0.4, -0.2) is 29.4 Å². The maximum Gasteiger partial charge on any atom is 0.322 e. The molecule has 0 aliphatic heterocycles. The van der Waals surface area contributed by atoms with Crippen LogP contribution in [0.4, 0.5) is 5.69 Å². The van der Waals surface area contributed by atoms with Crippen molar-refractivity contribution >= 4 is 23.5 Å². The minimum absolute atomic E-state index is 0.0435. The summed E-state index contributed by atoms with van der Waals surface area (Å²) in [6.45, 7) is 1.61. The van der Waals surface area contributed by atoms with E-state index in [1.54, 1.807) is 24.3 Å². The van der Waals surface area contributed by atoms with Crippen molar-refractivity contribution in [1.82, 2.24) is 5.32 Å². The van der Waals surface area contributed by atoms with Crippen LogP contribution in [-0.2, 0) is 20.8 Å². The molecule has 1 aliphatic rings. The van der Waals surface area contributed by atoms with E-state index in [2.05, 4.69) is 10.6 Å². The summed E-state index contributed by atoms with van der Waals surface area (Å²) in [6.07, 6.45) is 4.13. The number of carbonyl (C=O) groups is 3. The van der Waals surface area contributed by atoms with Gasteiger partial charge in [0.25, 0.3) is 0 Å². The van der Waals surface area contributed by atoms with Crippen molar-refractivity contribution in [2.24, 2.45) is 5.41 Å². The highest BCUT2D eigenvalue weighted by Gasteiger charge is 2.36. The van der Waals surface area contributed by atoms with E-state index >= 15 is 0 Å². The number of hydrogen-bond acceptors (Lipinski definition) is 3. The van der Waals surface area contributed by atoms with Crippen LogP contribution >= 0.6 is 0 Å². The molecule has 0 heterocycles. The third-order valence-electron chi connectivity index (χ3n) is 4.27. The predicted molar refractivity (Wildman–Crippen MR) is 86.0 cm³/mol. The smallest absolute Gasteiger partial charge is 0.322 e. The number of benzene rings is 1. The third kappa shape index (κ3) is 4.81. The fourth-order valence-corrected chi connectivity index (χ4v) is 2.79. The molecule has 1 saturated carbocycles. The lowest BCUT2D eigenvalue weighted by atomic mass is 9.88. The molecule has 23 heavy (non-hydrogen) atoms. The van der Waals surface area contributed by atoms with Gasteiger partial charge in [0.15, 0.2) is 0 Å². The molecule has 0 atom stereocenters. The van der Waals surface area contributed by atoms with Crippen molar-refractivity contribution in [2.75, 3.05) is 11.9 Å². The molecular weight excluding hydrogens is 296 g/mol. The molecule has 6 heteroatoms. The van der Waals surface area contributed by atoms with E-state index in [9.17, 15) is 14.4 Å². The van der Waals surface area contributed by atoms with Crippen LogP contribution in [0.3, 0.4) is 0 Å². The summed E-state index contributed by atoms with van der Waals surface area (Å²) in [6, 6.07) is 7.03. The minimum Gasteiger partial charge on any atom is -0.480 e. The normalized spacial score (nSPS) is 15.9. The Labute approximate surface area is 135 Å². The lowest BCUT2D eigenvalue weighted by Gasteiger charge is -2.22. The van der Waals surface area contributed by atoms with Gasteiger partial charge in [-0.2, -0.15) is 0 Å². The van der Waals surface area contributed by atoms with E-state index in [-0.39, 0.29) is 30.2 Å². The highest BCUT2D eigenvalue weighted by Crippen LogP contribution is 2.38. The van der Waals surface area contributed by atoms with Crippen LogP contribution in [0.25, 0.3) is 0 Å². The Bertz CT molecular complexity index is 589. The van der Waals surface area contributed by atoms with Crippen LogP contribution in [0.2, 0.25) is 0 Å². The Morgan fingerprint density at radius 2 is 1.74 bits per heavy atom. The van der Waals surface area contributed by atoms with Crippen LogP contribution < -0.4 is 10.6 Å². The molecule has 0 unspecified atom stereocenters. The zero-order valence-corrected chi connectivity index (χ0v) is 13.2. The van der Waals surface area contributed by atoms with Crippen molar-refractivity contribution in [1.29, 1.82) is 0 Å². The summed E-state index contributed by atoms with van der Waals surface area (Å²) in [5.41, 5.74) is 1.19. The fourth-order valence-electron chi connectivity index (χ4n) is 2.79. The van der Waals surface area contributed by atoms with Gasteiger partial charge in [-0.25, -0.2) is 0 Å². The average molecular weight is 318 g/mol. The van der Waals surface area contributed by atoms with Crippen molar-refractivity contribution in [2.45, 2.75) is 39.0 Å². The quantitative estimate of drug-likeness (QED) is 0.747. The highest BCUT2D eigenvalue weighted by atomic mass is 16.4. The summed E-state index contributed by atoms with van der Waals surface area (Å²) in [4.78, 5) is 34.3. The summed E-state index contributed by atoms with van der Waals surface area (Å²) >= 11 is 0. The lowest BCUT2D eigenvalue weighted by Crippen LogP contribution is -2.31. The first-order valence-corrected chi connectivity index (χ1v) is 7.78. The van der Waals surface area contributed by atoms with Crippen molar-refractivity contribution in [3.63, 3.8) is 0 Å². The second-order valence-electron chi connectivity index (χ2n) is 6.27. The van der Waals surface area contributed by atoms with Gasteiger partial charge >= 0.3 is 5.97 Å². The van der Waals surface area contributed by atoms with Crippen LogP contribution in [0.15, 0.2) is 24.3 Å². The summed E-state index contributed by atoms with van der Waals surface area (Å²) < 4.78 is 0. The maximum atomic E-state index is 12.3. The molecule has 0 aromatic heterocycles. The Balaban J connectivity index is 1.88. The Hall–Kier alpha value is -2.37. The molecule has 2 amide bonds. The molecule has 0 spiro atoms. The van der Waals surface area contributed by atoms with E-state index in [0.717, 1.165) is 31.2 Å². The summed E-state index contributed by atoms with van der Waals surface area (Å²) in [5.74, 6) is -1.37. The van der Waals surface area contributed by atoms with Gasteiger partial charge in [0.1, 0.15) is 6.54 Å². The monoisotopic (exact) mass is 318 g/mol. The molecular formula is C17H22N2O4. The summed E-state index contributed by atoms with van der Waals surface area (Å²) in [7, 11) is 0. The number of aliphatic carboxylic acids is 1. The number of amides is 2. The van der Waals surface area contributed by atoms with Gasteiger partial charge < -0.3 is 15.7 Å². The topological polar surface area (TPSA) is 95.5 Å². The van der Waals surface area contributed by atoms with Crippen LogP contribution in [0.5, 0.6) is 0 Å². The van der Waals surface area contributed by atoms with E-state index < -0.39 is 5.97 Å². The second-order valence-corrected chi connectivity index (χ2v) is 6.27. The molecule has 1 aromatic carbocycles. The van der Waals surface area contributed by atoms with Crippen LogP contribution in [0, 0.1) is 5.41 Å². The van der Waals surface area contributed by atoms with E-state index in [0.29, 0.717) is 5.69 Å². The summed E-state index contributed by atoms with van der Waals surface area (Å²) in [5, 5.41) is 13.7. The first-order chi connectivity index (χ1) is 10.9. The van der Waals surface area contributed by atoms with E-state index in [1.807, 2.05) is 6.92 Å². The maximum absolute atomic E-state index is 12.3. The zero-order valence-electron chi connectivity index (χ0n) is 13.2. The number of carboxylic acid groups (broad SMARTS) is 1. The van der Waals surface area contributed by atoms with E-state index in [4.69, 9.17) is 5.11 Å². The van der Waals surface area contributed by atoms with Gasteiger partial charge in [-0.15, -0.1) is 0 Å². The molecule has 0 saturated heterocycles. The first-order valence-electron chi connectivity index (χ1n) is 7.78. The molecule has 1 aliphatic carbocycles. The molecule has 1 aromatic rings. The van der Waals surface area contributed by atoms with Crippen molar-refractivity contribution in [3.8, 4) is 0 Å². The first kappa shape index (κ1) is 17.0. The van der Waals surface area contributed by atoms with Crippen molar-refractivity contribution < 1.29 is 19.5 Å². The number of carboxylic acids is 1. The highest BCUT2D eigenvalue weighted by molar-refractivity contribution is 5.95. The van der Waals surface area contributed by atoms with Gasteiger partial charge in [0, 0.05) is 11.1 Å². The van der Waals surface area contributed by atoms with E-state index in [1.165, 1.54) is 0 Å². The van der Waals surface area contributed by atoms with Gasteiger partial charge in [0.2, 0.25) is 11.8 Å². The number of anilines is 1. The number of rotatable bonds is 6. The molecule has 0 bridgehead atoms. The molecule has 1 fully saturated rings. The second kappa shape index (κ2) is 7.26. The zero-order chi connectivity index (χ0) is 16.9.